The van der Waals surface area contributed by atoms with Crippen LogP contribution in [0.3, 0.4) is 0 Å². The Balaban J connectivity index is 2.87. The zero-order chi connectivity index (χ0) is 11.3. The first kappa shape index (κ1) is 12.4. The van der Waals surface area contributed by atoms with Gasteiger partial charge in [-0.3, -0.25) is 0 Å². The summed E-state index contributed by atoms with van der Waals surface area (Å²) in [5, 5.41) is 13.1. The minimum Gasteiger partial charge on any atom is -0.392 e. The molecule has 0 aliphatic carbocycles. The van der Waals surface area contributed by atoms with Gasteiger partial charge in [-0.2, -0.15) is 11.3 Å². The summed E-state index contributed by atoms with van der Waals surface area (Å²) in [7, 11) is -1.16. The third-order valence-corrected chi connectivity index (χ3v) is 3.78. The second-order valence-electron chi connectivity index (χ2n) is 4.55. The molecule has 0 saturated heterocycles. The van der Waals surface area contributed by atoms with E-state index in [2.05, 4.69) is 48.2 Å². The molecule has 1 N–H and O–H groups in total. The van der Waals surface area contributed by atoms with Crippen LogP contribution < -0.4 is 0 Å². The van der Waals surface area contributed by atoms with Gasteiger partial charge >= 0.3 is 0 Å². The minimum absolute atomic E-state index is 0.0984. The lowest BCUT2D eigenvalue weighted by atomic mass is 10.1. The number of thiophene rings is 1. The molecule has 0 spiro atoms. The molecule has 1 aromatic rings. The van der Waals surface area contributed by atoms with Gasteiger partial charge in [0.15, 0.2) is 0 Å². The summed E-state index contributed by atoms with van der Waals surface area (Å²) in [6.45, 7) is 7.00. The van der Waals surface area contributed by atoms with Gasteiger partial charge in [0.05, 0.1) is 14.7 Å². The number of hydrogen-bond donors (Lipinski definition) is 1. The predicted octanol–water partition coefficient (Wildman–Crippen LogP) is 3.56. The molecular weight excluding hydrogens is 220 g/mol. The van der Waals surface area contributed by atoms with Crippen molar-refractivity contribution in [3.63, 3.8) is 0 Å². The van der Waals surface area contributed by atoms with Gasteiger partial charge in [0.1, 0.15) is 0 Å². The van der Waals surface area contributed by atoms with Crippen LogP contribution >= 0.6 is 11.3 Å². The average Bonchev–Trinajstić information content (AvgIpc) is 2.63. The van der Waals surface area contributed by atoms with Crippen molar-refractivity contribution in [2.45, 2.75) is 19.6 Å². The molecular formula is C12H18OSSi. The van der Waals surface area contributed by atoms with Crippen LogP contribution in [-0.4, -0.2) is 19.8 Å². The molecule has 1 nitrogen and oxygen atoms in total. The van der Waals surface area contributed by atoms with Gasteiger partial charge in [-0.1, -0.05) is 37.5 Å². The van der Waals surface area contributed by atoms with Crippen molar-refractivity contribution in [1.82, 2.24) is 0 Å². The molecule has 0 bridgehead atoms. The lowest BCUT2D eigenvalue weighted by Crippen LogP contribution is -2.15. The lowest BCUT2D eigenvalue weighted by Gasteiger charge is -2.09. The average molecular weight is 238 g/mol. The number of rotatable bonds is 4. The molecule has 15 heavy (non-hydrogen) atoms. The van der Waals surface area contributed by atoms with E-state index in [1.165, 1.54) is 5.56 Å². The van der Waals surface area contributed by atoms with Crippen LogP contribution in [0.5, 0.6) is 0 Å². The molecule has 0 unspecified atom stereocenters. The van der Waals surface area contributed by atoms with E-state index in [9.17, 15) is 0 Å². The maximum absolute atomic E-state index is 8.97. The molecule has 0 radical (unpaired) electrons. The van der Waals surface area contributed by atoms with Crippen LogP contribution in [0.2, 0.25) is 19.6 Å². The topological polar surface area (TPSA) is 20.2 Å². The van der Waals surface area contributed by atoms with E-state index in [0.29, 0.717) is 0 Å². The maximum Gasteiger partial charge on any atom is 0.0687 e. The Morgan fingerprint density at radius 2 is 2.20 bits per heavy atom. The summed E-state index contributed by atoms with van der Waals surface area (Å²) in [6.07, 6.45) is 4.00. The minimum atomic E-state index is -1.16. The highest BCUT2D eigenvalue weighted by atomic mass is 32.1. The molecule has 1 rings (SSSR count). The second kappa shape index (κ2) is 5.44. The Kier molecular flexibility index (Phi) is 4.51. The zero-order valence-corrected chi connectivity index (χ0v) is 11.3. The molecule has 0 atom stereocenters. The first-order valence-electron chi connectivity index (χ1n) is 5.06. The fourth-order valence-corrected chi connectivity index (χ4v) is 2.49. The summed E-state index contributed by atoms with van der Waals surface area (Å²) in [4.78, 5) is 0. The standard InChI is InChI=1S/C12H18OSSi/c1-15(2,3)9-6-11(4-7-13)12-5-8-14-10-12/h4-6,8-10,13H,7H2,1-3H3. The molecule has 1 aromatic heterocycles. The smallest absolute Gasteiger partial charge is 0.0687 e. The van der Waals surface area contributed by atoms with Crippen LogP contribution in [0, 0.1) is 0 Å². The van der Waals surface area contributed by atoms with Crippen LogP contribution in [0.4, 0.5) is 0 Å². The van der Waals surface area contributed by atoms with Gasteiger partial charge in [-0.15, -0.1) is 0 Å². The molecule has 1 heterocycles. The molecule has 0 fully saturated rings. The largest absolute Gasteiger partial charge is 0.392 e. The number of hydrogen-bond acceptors (Lipinski definition) is 2. The molecule has 0 amide bonds. The van der Waals surface area contributed by atoms with Crippen molar-refractivity contribution in [3.8, 4) is 0 Å². The SMILES string of the molecule is C[Si](C)(C)C=CC(=CCO)c1ccsc1. The first-order chi connectivity index (χ1) is 7.03. The Bertz CT molecular complexity index is 344. The van der Waals surface area contributed by atoms with E-state index >= 15 is 0 Å². The number of aliphatic hydroxyl groups excluding tert-OH is 1. The fourth-order valence-electron chi connectivity index (χ4n) is 1.15. The quantitative estimate of drug-likeness (QED) is 0.628. The van der Waals surface area contributed by atoms with Gasteiger partial charge in [0, 0.05) is 0 Å². The van der Waals surface area contributed by atoms with E-state index in [1.54, 1.807) is 11.3 Å². The Morgan fingerprint density at radius 1 is 1.47 bits per heavy atom. The van der Waals surface area contributed by atoms with Crippen molar-refractivity contribution in [2.75, 3.05) is 6.61 Å². The Morgan fingerprint density at radius 3 is 2.67 bits per heavy atom. The van der Waals surface area contributed by atoms with Crippen LogP contribution in [0.15, 0.2) is 34.7 Å². The number of allylic oxidation sites excluding steroid dienone is 2. The molecule has 0 saturated carbocycles. The van der Waals surface area contributed by atoms with Crippen molar-refractivity contribution >= 4 is 25.0 Å². The van der Waals surface area contributed by atoms with Gasteiger partial charge in [0.25, 0.3) is 0 Å². The monoisotopic (exact) mass is 238 g/mol. The van der Waals surface area contributed by atoms with E-state index in [1.807, 2.05) is 6.08 Å². The highest BCUT2D eigenvalue weighted by Gasteiger charge is 2.07. The van der Waals surface area contributed by atoms with Gasteiger partial charge in [0.2, 0.25) is 0 Å². The van der Waals surface area contributed by atoms with Crippen LogP contribution in [0.1, 0.15) is 5.56 Å². The highest BCUT2D eigenvalue weighted by molar-refractivity contribution is 7.08. The Hall–Kier alpha value is -0.643. The summed E-state index contributed by atoms with van der Waals surface area (Å²) in [5.74, 6) is 0. The third-order valence-electron chi connectivity index (χ3n) is 1.93. The first-order valence-corrected chi connectivity index (χ1v) is 9.58. The van der Waals surface area contributed by atoms with Crippen LogP contribution in [-0.2, 0) is 0 Å². The molecule has 82 valence electrons. The molecule has 0 aliphatic rings. The summed E-state index contributed by atoms with van der Waals surface area (Å²) in [6, 6.07) is 2.08. The molecule has 0 aromatic carbocycles. The van der Waals surface area contributed by atoms with E-state index < -0.39 is 8.07 Å². The molecule has 0 aliphatic heterocycles. The van der Waals surface area contributed by atoms with Gasteiger partial charge < -0.3 is 5.11 Å². The summed E-state index contributed by atoms with van der Waals surface area (Å²) in [5.41, 5.74) is 4.62. The van der Waals surface area contributed by atoms with Crippen molar-refractivity contribution in [1.29, 1.82) is 0 Å². The van der Waals surface area contributed by atoms with Crippen LogP contribution in [0.25, 0.3) is 5.57 Å². The van der Waals surface area contributed by atoms with Crippen molar-refractivity contribution in [2.24, 2.45) is 0 Å². The van der Waals surface area contributed by atoms with Gasteiger partial charge in [-0.25, -0.2) is 0 Å². The summed E-state index contributed by atoms with van der Waals surface area (Å²) >= 11 is 1.68. The lowest BCUT2D eigenvalue weighted by molar-refractivity contribution is 0.343. The molecule has 3 heteroatoms. The predicted molar refractivity (Wildman–Crippen MR) is 71.9 cm³/mol. The Labute approximate surface area is 96.8 Å². The second-order valence-corrected chi connectivity index (χ2v) is 10.4. The normalized spacial score (nSPS) is 13.7. The van der Waals surface area contributed by atoms with Crippen molar-refractivity contribution < 1.29 is 5.11 Å². The van der Waals surface area contributed by atoms with Gasteiger partial charge in [-0.05, 0) is 28.0 Å². The van der Waals surface area contributed by atoms with E-state index in [-0.39, 0.29) is 6.61 Å². The third kappa shape index (κ3) is 4.60. The van der Waals surface area contributed by atoms with Crippen molar-refractivity contribution in [3.05, 3.63) is 40.2 Å². The van der Waals surface area contributed by atoms with E-state index in [0.717, 1.165) is 5.57 Å². The fraction of sp³-hybridized carbons (Fsp3) is 0.333. The van der Waals surface area contributed by atoms with E-state index in [4.69, 9.17) is 5.11 Å². The summed E-state index contributed by atoms with van der Waals surface area (Å²) < 4.78 is 0. The number of aliphatic hydroxyl groups is 1. The maximum atomic E-state index is 8.97. The highest BCUT2D eigenvalue weighted by Crippen LogP contribution is 2.19. The zero-order valence-electron chi connectivity index (χ0n) is 9.53.